The number of aliphatic hydroxyl groups excluding tert-OH is 2. The predicted molar refractivity (Wildman–Crippen MR) is 110 cm³/mol. The number of hydrogen-bond acceptors (Lipinski definition) is 8. The van der Waals surface area contributed by atoms with Crippen LogP contribution in [0, 0.1) is 13.8 Å². The molecule has 0 atom stereocenters. The summed E-state index contributed by atoms with van der Waals surface area (Å²) in [6.07, 6.45) is 0. The number of aromatic nitrogens is 3. The van der Waals surface area contributed by atoms with E-state index >= 15 is 0 Å². The molecule has 0 saturated heterocycles. The van der Waals surface area contributed by atoms with E-state index in [-0.39, 0.29) is 18.1 Å². The average molecular weight is 407 g/mol. The number of rotatable bonds is 7. The van der Waals surface area contributed by atoms with Gasteiger partial charge in [0.2, 0.25) is 0 Å². The molecule has 0 aliphatic carbocycles. The maximum absolute atomic E-state index is 11.8. The third kappa shape index (κ3) is 4.32. The molecule has 9 heteroatoms. The third-order valence-corrected chi connectivity index (χ3v) is 6.23. The van der Waals surface area contributed by atoms with Gasteiger partial charge in [-0.1, -0.05) is 41.3 Å². The van der Waals surface area contributed by atoms with Gasteiger partial charge in [-0.05, 0) is 37.5 Å². The van der Waals surface area contributed by atoms with Gasteiger partial charge in [0, 0.05) is 5.75 Å². The molecule has 0 radical (unpaired) electrons. The lowest BCUT2D eigenvalue weighted by Crippen LogP contribution is -2.42. The van der Waals surface area contributed by atoms with Crippen LogP contribution in [0.15, 0.2) is 28.2 Å². The fraction of sp³-hybridized carbons (Fsp3) is 0.389. The van der Waals surface area contributed by atoms with Crippen LogP contribution >= 0.6 is 23.1 Å². The lowest BCUT2D eigenvalue weighted by atomic mass is 10.1. The van der Waals surface area contributed by atoms with Crippen molar-refractivity contribution in [1.82, 2.24) is 15.0 Å². The van der Waals surface area contributed by atoms with Gasteiger partial charge in [-0.15, -0.1) is 0 Å². The topological polar surface area (TPSA) is 111 Å². The fourth-order valence-electron chi connectivity index (χ4n) is 2.50. The highest BCUT2D eigenvalue weighted by Crippen LogP contribution is 2.29. The van der Waals surface area contributed by atoms with Crippen LogP contribution in [0.5, 0.6) is 0 Å². The normalized spacial score (nSPS) is 11.9. The molecule has 0 aliphatic rings. The van der Waals surface area contributed by atoms with Crippen LogP contribution in [-0.2, 0) is 5.75 Å². The first-order chi connectivity index (χ1) is 12.8. The molecule has 3 rings (SSSR count). The summed E-state index contributed by atoms with van der Waals surface area (Å²) >= 11 is 2.47. The number of anilines is 1. The Morgan fingerprint density at radius 1 is 1.26 bits per heavy atom. The van der Waals surface area contributed by atoms with E-state index in [1.807, 2.05) is 6.07 Å². The van der Waals surface area contributed by atoms with E-state index in [0.717, 1.165) is 11.3 Å². The molecular weight excluding hydrogens is 384 g/mol. The average Bonchev–Trinajstić information content (AvgIpc) is 3.03. The van der Waals surface area contributed by atoms with Gasteiger partial charge in [0.15, 0.2) is 16.6 Å². The van der Waals surface area contributed by atoms with Gasteiger partial charge in [0.25, 0.3) is 0 Å². The molecule has 0 aliphatic heterocycles. The minimum absolute atomic E-state index is 0.228. The molecule has 1 aromatic carbocycles. The Morgan fingerprint density at radius 2 is 2.00 bits per heavy atom. The van der Waals surface area contributed by atoms with E-state index in [1.54, 1.807) is 6.92 Å². The van der Waals surface area contributed by atoms with Gasteiger partial charge in [-0.2, -0.15) is 0 Å². The van der Waals surface area contributed by atoms with E-state index < -0.39 is 5.54 Å². The second kappa shape index (κ2) is 7.97. The Morgan fingerprint density at radius 3 is 2.70 bits per heavy atom. The zero-order valence-corrected chi connectivity index (χ0v) is 17.0. The molecule has 0 spiro atoms. The van der Waals surface area contributed by atoms with Crippen molar-refractivity contribution >= 4 is 39.3 Å². The Kier molecular flexibility index (Phi) is 5.85. The van der Waals surface area contributed by atoms with Crippen molar-refractivity contribution in [2.24, 2.45) is 0 Å². The largest absolute Gasteiger partial charge is 0.394 e. The molecule has 0 bridgehead atoms. The quantitative estimate of drug-likeness (QED) is 0.352. The molecule has 2 heterocycles. The molecule has 2 aromatic heterocycles. The number of thioether (sulfide) groups is 1. The number of H-pyrrole nitrogens is 1. The van der Waals surface area contributed by atoms with Crippen LogP contribution in [0.4, 0.5) is 5.82 Å². The highest BCUT2D eigenvalue weighted by atomic mass is 32.2. The van der Waals surface area contributed by atoms with Crippen LogP contribution in [0.1, 0.15) is 23.6 Å². The van der Waals surface area contributed by atoms with Crippen LogP contribution in [0.25, 0.3) is 10.3 Å². The summed E-state index contributed by atoms with van der Waals surface area (Å²) in [5.74, 6) is 1.13. The number of nitrogens with zero attached hydrogens (tertiary/aromatic N) is 2. The summed E-state index contributed by atoms with van der Waals surface area (Å²) in [5, 5.41) is 22.7. The number of aliphatic hydroxyl groups is 2. The first-order valence-corrected chi connectivity index (χ1v) is 10.2. The Labute approximate surface area is 164 Å². The maximum atomic E-state index is 11.8. The van der Waals surface area contributed by atoms with Gasteiger partial charge in [-0.3, -0.25) is 9.78 Å². The number of fused-ring (bicyclic) bond motifs is 1. The van der Waals surface area contributed by atoms with Crippen LogP contribution in [-0.4, -0.2) is 43.9 Å². The molecule has 0 unspecified atom stereocenters. The SMILES string of the molecule is Cc1cccc(CSc2nc(NC(C)(CO)CO)c3sc(=O)[nH]c3n2)c1C. The molecule has 27 heavy (non-hydrogen) atoms. The van der Waals surface area contributed by atoms with Crippen LogP contribution in [0.3, 0.4) is 0 Å². The standard InChI is InChI=1S/C18H22N4O3S2/c1-10-5-4-6-12(11(10)2)7-26-16-19-14-13(27-17(25)21-14)15(20-16)22-18(3,8-23)9-24/h4-6,23-24H,7-9H2,1-3H3,(H2,19,20,21,22,25). The van der Waals surface area contributed by atoms with Crippen molar-refractivity contribution in [1.29, 1.82) is 0 Å². The minimum atomic E-state index is -0.955. The van der Waals surface area contributed by atoms with Gasteiger partial charge < -0.3 is 15.5 Å². The second-order valence-corrected chi connectivity index (χ2v) is 8.62. The van der Waals surface area contributed by atoms with Crippen molar-refractivity contribution in [3.05, 3.63) is 44.6 Å². The van der Waals surface area contributed by atoms with Crippen molar-refractivity contribution in [3.63, 3.8) is 0 Å². The van der Waals surface area contributed by atoms with E-state index in [0.29, 0.717) is 27.1 Å². The van der Waals surface area contributed by atoms with Crippen LogP contribution in [0.2, 0.25) is 0 Å². The summed E-state index contributed by atoms with van der Waals surface area (Å²) in [4.78, 5) is 23.2. The number of thiazole rings is 1. The number of aromatic amines is 1. The minimum Gasteiger partial charge on any atom is -0.394 e. The predicted octanol–water partition coefficient (Wildman–Crippen LogP) is 2.44. The zero-order valence-electron chi connectivity index (χ0n) is 15.4. The second-order valence-electron chi connectivity index (χ2n) is 6.70. The smallest absolute Gasteiger partial charge is 0.306 e. The van der Waals surface area contributed by atoms with Crippen molar-refractivity contribution in [2.45, 2.75) is 37.2 Å². The molecular formula is C18H22N4O3S2. The molecule has 0 amide bonds. The monoisotopic (exact) mass is 406 g/mol. The highest BCUT2D eigenvalue weighted by Gasteiger charge is 2.25. The van der Waals surface area contributed by atoms with Crippen molar-refractivity contribution < 1.29 is 10.2 Å². The molecule has 144 valence electrons. The summed E-state index contributed by atoms with van der Waals surface area (Å²) in [7, 11) is 0. The fourth-order valence-corrected chi connectivity index (χ4v) is 4.13. The lowest BCUT2D eigenvalue weighted by Gasteiger charge is -2.27. The van der Waals surface area contributed by atoms with E-state index in [2.05, 4.69) is 46.2 Å². The highest BCUT2D eigenvalue weighted by molar-refractivity contribution is 7.98. The number of nitrogens with one attached hydrogen (secondary N) is 2. The molecule has 7 nitrogen and oxygen atoms in total. The summed E-state index contributed by atoms with van der Waals surface area (Å²) < 4.78 is 0.573. The van der Waals surface area contributed by atoms with Gasteiger partial charge in [-0.25, -0.2) is 9.97 Å². The number of benzene rings is 1. The zero-order chi connectivity index (χ0) is 19.6. The molecule has 3 aromatic rings. The van der Waals surface area contributed by atoms with E-state index in [9.17, 15) is 15.0 Å². The first-order valence-electron chi connectivity index (χ1n) is 8.44. The van der Waals surface area contributed by atoms with E-state index in [4.69, 9.17) is 0 Å². The Hall–Kier alpha value is -1.94. The van der Waals surface area contributed by atoms with Gasteiger partial charge >= 0.3 is 4.87 Å². The van der Waals surface area contributed by atoms with Crippen LogP contribution < -0.4 is 10.2 Å². The molecule has 0 saturated carbocycles. The van der Waals surface area contributed by atoms with E-state index in [1.165, 1.54) is 28.5 Å². The molecule has 4 N–H and O–H groups in total. The van der Waals surface area contributed by atoms with Gasteiger partial charge in [0.05, 0.1) is 18.8 Å². The Balaban J connectivity index is 1.94. The number of aryl methyl sites for hydroxylation is 1. The van der Waals surface area contributed by atoms with Crippen molar-refractivity contribution in [3.8, 4) is 0 Å². The third-order valence-electron chi connectivity index (χ3n) is 4.45. The number of hydrogen-bond donors (Lipinski definition) is 4. The first kappa shape index (κ1) is 19.8. The lowest BCUT2D eigenvalue weighted by molar-refractivity contribution is 0.147. The van der Waals surface area contributed by atoms with Gasteiger partial charge in [0.1, 0.15) is 4.70 Å². The summed E-state index contributed by atoms with van der Waals surface area (Å²) in [5.41, 5.74) is 3.16. The van der Waals surface area contributed by atoms with Crippen molar-refractivity contribution in [2.75, 3.05) is 18.5 Å². The maximum Gasteiger partial charge on any atom is 0.306 e. The summed E-state index contributed by atoms with van der Waals surface area (Å²) in [6.45, 7) is 5.29. The summed E-state index contributed by atoms with van der Waals surface area (Å²) in [6, 6.07) is 6.18. The molecule has 0 fully saturated rings. The Bertz CT molecular complexity index is 1010.